The monoisotopic (exact) mass is 510 g/mol. The Morgan fingerprint density at radius 2 is 1.92 bits per heavy atom. The molecule has 2 aliphatic rings. The van der Waals surface area contributed by atoms with E-state index >= 15 is 0 Å². The van der Waals surface area contributed by atoms with Crippen molar-refractivity contribution in [2.45, 2.75) is 44.6 Å². The van der Waals surface area contributed by atoms with Crippen LogP contribution in [-0.4, -0.2) is 34.1 Å². The van der Waals surface area contributed by atoms with Crippen LogP contribution in [0.15, 0.2) is 59.7 Å². The van der Waals surface area contributed by atoms with Gasteiger partial charge in [-0.2, -0.15) is 4.98 Å². The smallest absolute Gasteiger partial charge is 0.280 e. The van der Waals surface area contributed by atoms with Gasteiger partial charge in [0.05, 0.1) is 12.5 Å². The number of piperidine rings is 1. The fraction of sp³-hybridized carbons (Fsp3) is 0.310. The third-order valence-electron chi connectivity index (χ3n) is 7.42. The van der Waals surface area contributed by atoms with Gasteiger partial charge in [0.2, 0.25) is 11.4 Å². The fourth-order valence-electron chi connectivity index (χ4n) is 5.45. The first-order chi connectivity index (χ1) is 18.6. The molecule has 9 heteroatoms. The Hall–Kier alpha value is -4.08. The van der Waals surface area contributed by atoms with Crippen LogP contribution in [0.5, 0.6) is 0 Å². The van der Waals surface area contributed by atoms with E-state index in [9.17, 15) is 9.59 Å². The summed E-state index contributed by atoms with van der Waals surface area (Å²) in [7, 11) is 1.33. The van der Waals surface area contributed by atoms with Crippen LogP contribution in [0.3, 0.4) is 0 Å². The molecule has 194 valence electrons. The largest absolute Gasteiger partial charge is 0.324 e. The van der Waals surface area contributed by atoms with Crippen molar-refractivity contribution < 1.29 is 9.63 Å². The number of nitrogens with zero attached hydrogens (tertiary/aromatic N) is 3. The first-order valence-electron chi connectivity index (χ1n) is 13.1. The molecule has 2 aromatic carbocycles. The van der Waals surface area contributed by atoms with Gasteiger partial charge in [0.15, 0.2) is 5.65 Å². The zero-order chi connectivity index (χ0) is 26.1. The molecular weight excluding hydrogens is 480 g/mol. The normalized spacial score (nSPS) is 16.8. The van der Waals surface area contributed by atoms with Crippen LogP contribution < -0.4 is 21.5 Å². The number of carbonyl (C=O) groups is 1. The molecule has 38 heavy (non-hydrogen) atoms. The van der Waals surface area contributed by atoms with E-state index < -0.39 is 11.3 Å². The molecule has 0 spiro atoms. The van der Waals surface area contributed by atoms with Crippen molar-refractivity contribution in [3.63, 3.8) is 0 Å². The Balaban J connectivity index is 1.39. The van der Waals surface area contributed by atoms with Gasteiger partial charge in [-0.15, -0.1) is 0 Å². The van der Waals surface area contributed by atoms with Crippen molar-refractivity contribution in [2.75, 3.05) is 19.0 Å². The third kappa shape index (κ3) is 4.66. The standard InChI is InChI=1S/C29H30N6O3/c1-38-34-28(37)24-17-35(22-13-10-18-5-4-6-20(18)15-22)27-23(26(24)36)16-31-29(33-27)32-21-11-8-19(9-12-21)25-7-2-3-14-30-25/h8-13,15-17,25,30H,2-7,14H2,1H3,(H,34,37)(H,31,32,33). The number of nitrogens with one attached hydrogen (secondary N) is 3. The molecule has 1 fully saturated rings. The van der Waals surface area contributed by atoms with Gasteiger partial charge in [0.25, 0.3) is 5.91 Å². The van der Waals surface area contributed by atoms with Gasteiger partial charge in [-0.05, 0) is 79.6 Å². The van der Waals surface area contributed by atoms with Gasteiger partial charge in [-0.1, -0.05) is 24.6 Å². The minimum Gasteiger partial charge on any atom is -0.324 e. The minimum atomic E-state index is -0.621. The third-order valence-corrected chi connectivity index (χ3v) is 7.42. The van der Waals surface area contributed by atoms with E-state index in [1.165, 1.54) is 49.0 Å². The highest BCUT2D eigenvalue weighted by Gasteiger charge is 2.20. The zero-order valence-electron chi connectivity index (χ0n) is 21.3. The summed E-state index contributed by atoms with van der Waals surface area (Å²) in [5.74, 6) is -0.256. The zero-order valence-corrected chi connectivity index (χ0v) is 21.3. The molecule has 1 aliphatic carbocycles. The van der Waals surface area contributed by atoms with Gasteiger partial charge in [-0.25, -0.2) is 10.5 Å². The van der Waals surface area contributed by atoms with Crippen molar-refractivity contribution in [3.05, 3.63) is 87.3 Å². The summed E-state index contributed by atoms with van der Waals surface area (Å²) < 4.78 is 1.78. The molecule has 1 saturated heterocycles. The molecule has 4 aromatic rings. The topological polar surface area (TPSA) is 110 Å². The summed E-state index contributed by atoms with van der Waals surface area (Å²) in [4.78, 5) is 39.8. The van der Waals surface area contributed by atoms with Crippen LogP contribution in [0.2, 0.25) is 0 Å². The van der Waals surface area contributed by atoms with E-state index in [2.05, 4.69) is 45.4 Å². The molecule has 0 radical (unpaired) electrons. The molecule has 0 saturated carbocycles. The van der Waals surface area contributed by atoms with Crippen LogP contribution in [-0.2, 0) is 17.7 Å². The highest BCUT2D eigenvalue weighted by atomic mass is 16.6. The van der Waals surface area contributed by atoms with Crippen molar-refractivity contribution in [1.29, 1.82) is 0 Å². The first kappa shape index (κ1) is 24.3. The van der Waals surface area contributed by atoms with Crippen molar-refractivity contribution >= 4 is 28.6 Å². The Morgan fingerprint density at radius 3 is 2.71 bits per heavy atom. The van der Waals surface area contributed by atoms with Gasteiger partial charge in [0, 0.05) is 29.8 Å². The van der Waals surface area contributed by atoms with E-state index in [1.807, 2.05) is 18.2 Å². The van der Waals surface area contributed by atoms with Gasteiger partial charge in [-0.3, -0.25) is 14.4 Å². The highest BCUT2D eigenvalue weighted by Crippen LogP contribution is 2.27. The maximum atomic E-state index is 13.2. The number of amides is 1. The molecular formula is C29H30N6O3. The summed E-state index contributed by atoms with van der Waals surface area (Å²) in [5.41, 5.74) is 7.73. The fourth-order valence-corrected chi connectivity index (χ4v) is 5.45. The Kier molecular flexibility index (Phi) is 6.61. The average Bonchev–Trinajstić information content (AvgIpc) is 3.42. The van der Waals surface area contributed by atoms with E-state index in [1.54, 1.807) is 4.57 Å². The number of pyridine rings is 1. The van der Waals surface area contributed by atoms with Crippen molar-refractivity contribution in [3.8, 4) is 5.69 Å². The Morgan fingerprint density at radius 1 is 1.08 bits per heavy atom. The Bertz CT molecular complexity index is 1560. The minimum absolute atomic E-state index is 0.0453. The summed E-state index contributed by atoms with van der Waals surface area (Å²) in [6.07, 6.45) is 9.80. The molecule has 3 N–H and O–H groups in total. The summed E-state index contributed by atoms with van der Waals surface area (Å²) in [5, 5.41) is 7.09. The second kappa shape index (κ2) is 10.4. The van der Waals surface area contributed by atoms with Crippen molar-refractivity contribution in [1.82, 2.24) is 25.3 Å². The highest BCUT2D eigenvalue weighted by molar-refractivity contribution is 5.96. The lowest BCUT2D eigenvalue weighted by Gasteiger charge is -2.24. The lowest BCUT2D eigenvalue weighted by Crippen LogP contribution is -2.29. The van der Waals surface area contributed by atoms with Gasteiger partial charge < -0.3 is 15.2 Å². The molecule has 1 unspecified atom stereocenters. The maximum Gasteiger partial charge on any atom is 0.280 e. The van der Waals surface area contributed by atoms with Crippen molar-refractivity contribution in [2.24, 2.45) is 0 Å². The Labute approximate surface area is 220 Å². The number of aryl methyl sites for hydroxylation is 2. The number of aromatic nitrogens is 3. The number of benzene rings is 2. The molecule has 9 nitrogen and oxygen atoms in total. The van der Waals surface area contributed by atoms with Gasteiger partial charge in [0.1, 0.15) is 5.56 Å². The van der Waals surface area contributed by atoms with E-state index in [0.29, 0.717) is 17.6 Å². The van der Waals surface area contributed by atoms with Crippen LogP contribution >= 0.6 is 0 Å². The predicted octanol–water partition coefficient (Wildman–Crippen LogP) is 4.12. The maximum absolute atomic E-state index is 13.2. The number of hydrogen-bond acceptors (Lipinski definition) is 7. The lowest BCUT2D eigenvalue weighted by molar-refractivity contribution is 0.0536. The van der Waals surface area contributed by atoms with Gasteiger partial charge >= 0.3 is 0 Å². The number of fused-ring (bicyclic) bond motifs is 2. The van der Waals surface area contributed by atoms with Crippen LogP contribution in [0.4, 0.5) is 11.6 Å². The quantitative estimate of drug-likeness (QED) is 0.335. The first-order valence-corrected chi connectivity index (χ1v) is 13.1. The second-order valence-electron chi connectivity index (χ2n) is 9.86. The van der Waals surface area contributed by atoms with Crippen LogP contribution in [0, 0.1) is 0 Å². The number of anilines is 2. The molecule has 1 aliphatic heterocycles. The molecule has 6 rings (SSSR count). The SMILES string of the molecule is CONC(=O)c1cn(-c2ccc3c(c2)CCC3)c2nc(Nc3ccc(C4CCCCN4)cc3)ncc2c1=O. The molecule has 1 amide bonds. The van der Waals surface area contributed by atoms with E-state index in [4.69, 9.17) is 9.82 Å². The molecule has 2 aromatic heterocycles. The second-order valence-corrected chi connectivity index (χ2v) is 9.86. The average molecular weight is 511 g/mol. The lowest BCUT2D eigenvalue weighted by atomic mass is 9.97. The molecule has 0 bridgehead atoms. The summed E-state index contributed by atoms with van der Waals surface area (Å²) in [6, 6.07) is 14.9. The summed E-state index contributed by atoms with van der Waals surface area (Å²) >= 11 is 0. The number of hydrogen-bond donors (Lipinski definition) is 3. The number of rotatable bonds is 6. The molecule has 3 heterocycles. The van der Waals surface area contributed by atoms with Crippen LogP contribution in [0.25, 0.3) is 16.7 Å². The van der Waals surface area contributed by atoms with E-state index in [0.717, 1.165) is 43.6 Å². The summed E-state index contributed by atoms with van der Waals surface area (Å²) in [6.45, 7) is 1.05. The predicted molar refractivity (Wildman–Crippen MR) is 146 cm³/mol. The number of carbonyl (C=O) groups excluding carboxylic acids is 1. The molecule has 1 atom stereocenters. The van der Waals surface area contributed by atoms with Crippen LogP contribution in [0.1, 0.15) is 58.8 Å². The van der Waals surface area contributed by atoms with E-state index in [-0.39, 0.29) is 10.9 Å². The number of hydroxylamine groups is 1.